The number of thiol groups is 1. The third-order valence-corrected chi connectivity index (χ3v) is 10.6. The van der Waals surface area contributed by atoms with Crippen LogP contribution in [-0.2, 0) is 19.1 Å². The molecule has 5 aliphatic carbocycles. The summed E-state index contributed by atoms with van der Waals surface area (Å²) in [6.07, 6.45) is 8.73. The van der Waals surface area contributed by atoms with Crippen molar-refractivity contribution >= 4 is 29.5 Å². The Labute approximate surface area is 195 Å². The van der Waals surface area contributed by atoms with E-state index >= 15 is 0 Å². The van der Waals surface area contributed by atoms with Gasteiger partial charge in [0.2, 0.25) is 5.12 Å². The smallest absolute Gasteiger partial charge is 0.312 e. The molecule has 0 amide bonds. The van der Waals surface area contributed by atoms with Gasteiger partial charge in [-0.1, -0.05) is 19.4 Å². The number of fused-ring (bicyclic) bond motifs is 5. The molecule has 5 rings (SSSR count). The normalized spacial score (nSPS) is 46.2. The van der Waals surface area contributed by atoms with Gasteiger partial charge < -0.3 is 9.84 Å². The van der Waals surface area contributed by atoms with E-state index in [0.717, 1.165) is 44.1 Å². The Morgan fingerprint density at radius 3 is 2.41 bits per heavy atom. The van der Waals surface area contributed by atoms with Crippen LogP contribution in [0.4, 0.5) is 0 Å². The number of ether oxygens (including phenoxy) is 1. The van der Waals surface area contributed by atoms with Crippen molar-refractivity contribution in [1.29, 1.82) is 0 Å². The molecule has 0 heterocycles. The zero-order chi connectivity index (χ0) is 23.3. The summed E-state index contributed by atoms with van der Waals surface area (Å²) in [6.45, 7) is 8.09. The first-order chi connectivity index (χ1) is 14.9. The second-order valence-corrected chi connectivity index (χ2v) is 12.2. The maximum Gasteiger partial charge on any atom is 0.312 e. The molecule has 4 saturated carbocycles. The Morgan fingerprint density at radius 2 is 1.78 bits per heavy atom. The van der Waals surface area contributed by atoms with Gasteiger partial charge in [-0.25, -0.2) is 0 Å². The topological polar surface area (TPSA) is 80.7 Å². The SMILES string of the molecule is C[C@@H]1C[C@H]2[C@@H]3CCC4=CC(O)=CC(=O)[C@]4(C)[C@H]3CC[C@]2(C)[C@@]1(OC(=O)C1(C)CC1)C(=O)S. The van der Waals surface area contributed by atoms with E-state index in [9.17, 15) is 19.5 Å². The highest BCUT2D eigenvalue weighted by Crippen LogP contribution is 2.69. The molecule has 0 aromatic heterocycles. The van der Waals surface area contributed by atoms with Crippen molar-refractivity contribution in [2.24, 2.45) is 39.9 Å². The van der Waals surface area contributed by atoms with Gasteiger partial charge in [0, 0.05) is 17.4 Å². The molecule has 174 valence electrons. The third kappa shape index (κ3) is 2.62. The van der Waals surface area contributed by atoms with Crippen LogP contribution in [0.25, 0.3) is 0 Å². The molecular weight excluding hydrogens is 424 g/mol. The molecule has 0 spiro atoms. The average molecular weight is 459 g/mol. The van der Waals surface area contributed by atoms with Crippen LogP contribution in [0.3, 0.4) is 0 Å². The molecular formula is C26H34O5S. The maximum absolute atomic E-state index is 13.1. The molecule has 0 aliphatic heterocycles. The molecule has 0 aromatic carbocycles. The standard InChI is InChI=1S/C26H34O5S/c1-14-11-19-17-6-5-15-12-16(27)13-20(28)25(15,4)18(17)7-8-24(19,3)26(14,22(30)32)31-21(29)23(2)9-10-23/h12-14,17-19,27H,5-11H2,1-4H3,(H,30,32)/t14-,17-,18+,19+,24+,25+,26+/m1/s1. The van der Waals surface area contributed by atoms with E-state index in [-0.39, 0.29) is 46.3 Å². The van der Waals surface area contributed by atoms with Gasteiger partial charge in [0.05, 0.1) is 10.8 Å². The molecule has 0 saturated heterocycles. The number of carbonyl (C=O) groups excluding carboxylic acids is 3. The lowest BCUT2D eigenvalue weighted by Gasteiger charge is -2.58. The summed E-state index contributed by atoms with van der Waals surface area (Å²) in [4.78, 5) is 39.3. The molecule has 0 unspecified atom stereocenters. The molecule has 6 heteroatoms. The highest BCUT2D eigenvalue weighted by atomic mass is 32.1. The summed E-state index contributed by atoms with van der Waals surface area (Å²) >= 11 is 4.32. The van der Waals surface area contributed by atoms with Gasteiger partial charge in [-0.3, -0.25) is 14.4 Å². The predicted molar refractivity (Wildman–Crippen MR) is 123 cm³/mol. The minimum atomic E-state index is -1.22. The van der Waals surface area contributed by atoms with Crippen molar-refractivity contribution in [3.8, 4) is 0 Å². The lowest BCUT2D eigenvalue weighted by atomic mass is 9.46. The summed E-state index contributed by atoms with van der Waals surface area (Å²) in [5.41, 5.74) is -1.76. The van der Waals surface area contributed by atoms with E-state index < -0.39 is 21.8 Å². The summed E-state index contributed by atoms with van der Waals surface area (Å²) < 4.78 is 6.23. The zero-order valence-corrected chi connectivity index (χ0v) is 20.3. The van der Waals surface area contributed by atoms with Gasteiger partial charge in [-0.2, -0.15) is 0 Å². The summed E-state index contributed by atoms with van der Waals surface area (Å²) in [5, 5.41) is 9.67. The summed E-state index contributed by atoms with van der Waals surface area (Å²) in [7, 11) is 0. The van der Waals surface area contributed by atoms with Crippen molar-refractivity contribution < 1.29 is 24.2 Å². The van der Waals surface area contributed by atoms with Crippen molar-refractivity contribution in [2.45, 2.75) is 78.2 Å². The van der Waals surface area contributed by atoms with Gasteiger partial charge in [0.25, 0.3) is 0 Å². The molecule has 5 nitrogen and oxygen atoms in total. The largest absolute Gasteiger partial charge is 0.508 e. The first-order valence-corrected chi connectivity index (χ1v) is 12.5. The Hall–Kier alpha value is -1.56. The Kier molecular flexibility index (Phi) is 4.68. The van der Waals surface area contributed by atoms with Crippen molar-refractivity contribution in [3.63, 3.8) is 0 Å². The Balaban J connectivity index is 1.53. The molecule has 0 aromatic rings. The lowest BCUT2D eigenvalue weighted by molar-refractivity contribution is -0.194. The van der Waals surface area contributed by atoms with Crippen LogP contribution in [0.1, 0.15) is 72.6 Å². The van der Waals surface area contributed by atoms with Crippen molar-refractivity contribution in [2.75, 3.05) is 0 Å². The third-order valence-electron chi connectivity index (χ3n) is 10.3. The van der Waals surface area contributed by atoms with Gasteiger partial charge in [0.1, 0.15) is 5.76 Å². The van der Waals surface area contributed by atoms with Gasteiger partial charge in [0.15, 0.2) is 11.4 Å². The summed E-state index contributed by atoms with van der Waals surface area (Å²) in [6, 6.07) is 0. The maximum atomic E-state index is 13.1. The second-order valence-electron chi connectivity index (χ2n) is 11.8. The van der Waals surface area contributed by atoms with E-state index in [0.29, 0.717) is 6.42 Å². The van der Waals surface area contributed by atoms with Crippen LogP contribution in [0, 0.1) is 39.9 Å². The van der Waals surface area contributed by atoms with Crippen LogP contribution >= 0.6 is 12.6 Å². The average Bonchev–Trinajstić information content (AvgIpc) is 3.42. The van der Waals surface area contributed by atoms with Crippen LogP contribution in [0.15, 0.2) is 23.5 Å². The van der Waals surface area contributed by atoms with Gasteiger partial charge >= 0.3 is 5.97 Å². The van der Waals surface area contributed by atoms with Gasteiger partial charge in [-0.05, 0) is 82.6 Å². The van der Waals surface area contributed by atoms with Crippen LogP contribution < -0.4 is 0 Å². The minimum Gasteiger partial charge on any atom is -0.508 e. The number of aliphatic hydroxyl groups is 1. The van der Waals surface area contributed by atoms with Crippen molar-refractivity contribution in [1.82, 2.24) is 0 Å². The summed E-state index contributed by atoms with van der Waals surface area (Å²) in [5.74, 6) is 0.256. The number of hydrogen-bond acceptors (Lipinski definition) is 5. The van der Waals surface area contributed by atoms with E-state index in [1.807, 2.05) is 20.8 Å². The minimum absolute atomic E-state index is 0.0125. The number of aliphatic hydroxyl groups excluding tert-OH is 1. The molecule has 4 fully saturated rings. The van der Waals surface area contributed by atoms with Gasteiger partial charge in [-0.15, -0.1) is 12.6 Å². The van der Waals surface area contributed by atoms with Crippen LogP contribution in [-0.4, -0.2) is 27.6 Å². The predicted octanol–water partition coefficient (Wildman–Crippen LogP) is 4.96. The number of esters is 1. The molecule has 1 N–H and O–H groups in total. The van der Waals surface area contributed by atoms with E-state index in [4.69, 9.17) is 4.74 Å². The van der Waals surface area contributed by atoms with Crippen LogP contribution in [0.5, 0.6) is 0 Å². The van der Waals surface area contributed by atoms with Crippen LogP contribution in [0.2, 0.25) is 0 Å². The molecule has 7 atom stereocenters. The molecule has 0 bridgehead atoms. The fourth-order valence-electron chi connectivity index (χ4n) is 8.00. The molecule has 0 radical (unpaired) electrons. The fourth-order valence-corrected chi connectivity index (χ4v) is 8.52. The monoisotopic (exact) mass is 458 g/mol. The molecule has 32 heavy (non-hydrogen) atoms. The lowest BCUT2D eigenvalue weighted by Crippen LogP contribution is -2.60. The quantitative estimate of drug-likeness (QED) is 0.461. The number of hydrogen-bond donors (Lipinski definition) is 2. The van der Waals surface area contributed by atoms with E-state index in [1.165, 1.54) is 6.08 Å². The van der Waals surface area contributed by atoms with Crippen molar-refractivity contribution in [3.05, 3.63) is 23.5 Å². The van der Waals surface area contributed by atoms with E-state index in [2.05, 4.69) is 19.6 Å². The first kappa shape index (κ1) is 22.2. The fraction of sp³-hybridized carbons (Fsp3) is 0.731. The number of rotatable bonds is 3. The zero-order valence-electron chi connectivity index (χ0n) is 19.4. The number of allylic oxidation sites excluding steroid dienone is 3. The highest BCUT2D eigenvalue weighted by Gasteiger charge is 2.72. The molecule has 5 aliphatic rings. The van der Waals surface area contributed by atoms with E-state index in [1.54, 1.807) is 6.08 Å². The number of ketones is 1. The Bertz CT molecular complexity index is 977. The highest BCUT2D eigenvalue weighted by molar-refractivity contribution is 7.96. The Morgan fingerprint density at radius 1 is 1.09 bits per heavy atom. The second kappa shape index (κ2) is 6.74. The number of carbonyl (C=O) groups is 3. The first-order valence-electron chi connectivity index (χ1n) is 12.0.